The first kappa shape index (κ1) is 20.0. The molecular formula is C18H32O4Si. The van der Waals surface area contributed by atoms with Gasteiger partial charge in [0.15, 0.2) is 5.75 Å². The molecule has 0 spiro atoms. The third kappa shape index (κ3) is 4.08. The van der Waals surface area contributed by atoms with Crippen LogP contribution in [0.3, 0.4) is 0 Å². The van der Waals surface area contributed by atoms with E-state index in [0.717, 1.165) is 0 Å². The Hall–Kier alpha value is -1.04. The van der Waals surface area contributed by atoms with Crippen LogP contribution < -0.4 is 9.16 Å². The first-order valence-corrected chi connectivity index (χ1v) is 10.5. The number of aliphatic hydroxyl groups is 2. The van der Waals surface area contributed by atoms with Crippen LogP contribution in [0.4, 0.5) is 0 Å². The number of hydrogen-bond donors (Lipinski definition) is 2. The molecule has 1 rings (SSSR count). The van der Waals surface area contributed by atoms with Crippen molar-refractivity contribution >= 4 is 8.32 Å². The van der Waals surface area contributed by atoms with Gasteiger partial charge in [0.1, 0.15) is 11.9 Å². The van der Waals surface area contributed by atoms with Crippen LogP contribution in [-0.2, 0) is 0 Å². The first-order chi connectivity index (χ1) is 10.7. The molecule has 1 aromatic carbocycles. The molecule has 0 aliphatic rings. The van der Waals surface area contributed by atoms with E-state index < -0.39 is 14.4 Å². The summed E-state index contributed by atoms with van der Waals surface area (Å²) in [6.07, 6.45) is -0.906. The van der Waals surface area contributed by atoms with E-state index in [1.807, 2.05) is 0 Å². The highest BCUT2D eigenvalue weighted by Gasteiger charge is 2.47. The van der Waals surface area contributed by atoms with Crippen LogP contribution in [0.1, 0.15) is 53.2 Å². The van der Waals surface area contributed by atoms with E-state index in [1.165, 1.54) is 0 Å². The molecular weight excluding hydrogens is 308 g/mol. The zero-order valence-electron chi connectivity index (χ0n) is 15.5. The second kappa shape index (κ2) is 8.17. The molecule has 0 aliphatic carbocycles. The Kier molecular flexibility index (Phi) is 7.11. The zero-order chi connectivity index (χ0) is 17.8. The van der Waals surface area contributed by atoms with Gasteiger partial charge in [-0.2, -0.15) is 0 Å². The van der Waals surface area contributed by atoms with Crippen molar-refractivity contribution in [3.8, 4) is 11.5 Å². The molecule has 0 radical (unpaired) electrons. The molecule has 0 saturated carbocycles. The molecule has 0 fully saturated rings. The van der Waals surface area contributed by atoms with Crippen molar-refractivity contribution < 1.29 is 19.4 Å². The quantitative estimate of drug-likeness (QED) is 0.694. The molecule has 0 amide bonds. The van der Waals surface area contributed by atoms with Gasteiger partial charge >= 0.3 is 0 Å². The van der Waals surface area contributed by atoms with Gasteiger partial charge in [-0.25, -0.2) is 0 Å². The minimum atomic E-state index is -2.11. The van der Waals surface area contributed by atoms with Gasteiger partial charge in [-0.1, -0.05) is 47.6 Å². The Bertz CT molecular complexity index is 478. The predicted molar refractivity (Wildman–Crippen MR) is 96.7 cm³/mol. The maximum Gasteiger partial charge on any atom is 0.258 e. The van der Waals surface area contributed by atoms with Gasteiger partial charge in [0.2, 0.25) is 0 Å². The normalized spacial score (nSPS) is 13.7. The lowest BCUT2D eigenvalue weighted by Gasteiger charge is -2.42. The monoisotopic (exact) mass is 340 g/mol. The van der Waals surface area contributed by atoms with Gasteiger partial charge in [0.25, 0.3) is 8.32 Å². The van der Waals surface area contributed by atoms with Gasteiger partial charge < -0.3 is 19.4 Å². The number of hydrogen-bond acceptors (Lipinski definition) is 4. The fourth-order valence-corrected chi connectivity index (χ4v) is 8.88. The average Bonchev–Trinajstić information content (AvgIpc) is 2.50. The van der Waals surface area contributed by atoms with Crippen LogP contribution in [-0.4, -0.2) is 32.2 Å². The van der Waals surface area contributed by atoms with Gasteiger partial charge in [0, 0.05) is 0 Å². The van der Waals surface area contributed by atoms with Crippen molar-refractivity contribution in [2.24, 2.45) is 0 Å². The Balaban J connectivity index is 3.36. The molecule has 0 unspecified atom stereocenters. The lowest BCUT2D eigenvalue weighted by Crippen LogP contribution is -2.50. The largest absolute Gasteiger partial charge is 0.540 e. The second-order valence-electron chi connectivity index (χ2n) is 7.03. The fourth-order valence-electron chi connectivity index (χ4n) is 3.63. The summed E-state index contributed by atoms with van der Waals surface area (Å²) in [6, 6.07) is 5.36. The molecule has 1 aromatic rings. The van der Waals surface area contributed by atoms with Crippen molar-refractivity contribution in [3.05, 3.63) is 23.8 Å². The zero-order valence-corrected chi connectivity index (χ0v) is 16.5. The summed E-state index contributed by atoms with van der Waals surface area (Å²) < 4.78 is 12.1. The number of aliphatic hydroxyl groups excluding tert-OH is 2. The Morgan fingerprint density at radius 3 is 1.87 bits per heavy atom. The summed E-state index contributed by atoms with van der Waals surface area (Å²) in [4.78, 5) is 0. The topological polar surface area (TPSA) is 58.9 Å². The lowest BCUT2D eigenvalue weighted by atomic mass is 10.1. The van der Waals surface area contributed by atoms with E-state index in [2.05, 4.69) is 41.5 Å². The molecule has 4 nitrogen and oxygen atoms in total. The molecule has 1 atom stereocenters. The number of rotatable bonds is 8. The lowest BCUT2D eigenvalue weighted by molar-refractivity contribution is 0.0954. The summed E-state index contributed by atoms with van der Waals surface area (Å²) in [5, 5.41) is 19.1. The van der Waals surface area contributed by atoms with Gasteiger partial charge in [-0.3, -0.25) is 0 Å². The standard InChI is InChI=1S/C18H32O4Si/c1-12(2)23(13(3)4,14(5)6)22-18-10-15(16(20)11-19)8-9-17(18)21-7/h8-10,12-14,16,19-20H,11H2,1-7H3/t16-/m1/s1. The Morgan fingerprint density at radius 2 is 1.48 bits per heavy atom. The smallest absolute Gasteiger partial charge is 0.258 e. The molecule has 0 saturated heterocycles. The SMILES string of the molecule is COc1ccc([C@H](O)CO)cc1O[Si](C(C)C)(C(C)C)C(C)C. The van der Waals surface area contributed by atoms with Crippen LogP contribution in [0.5, 0.6) is 11.5 Å². The van der Waals surface area contributed by atoms with E-state index >= 15 is 0 Å². The third-order valence-electron chi connectivity index (χ3n) is 4.74. The van der Waals surface area contributed by atoms with Gasteiger partial charge in [-0.05, 0) is 34.3 Å². The molecule has 0 bridgehead atoms. The Labute approximate surface area is 141 Å². The summed E-state index contributed by atoms with van der Waals surface area (Å²) in [5.74, 6) is 1.33. The van der Waals surface area contributed by atoms with Crippen molar-refractivity contribution in [1.29, 1.82) is 0 Å². The van der Waals surface area contributed by atoms with Crippen molar-refractivity contribution in [2.45, 2.75) is 64.3 Å². The average molecular weight is 341 g/mol. The Morgan fingerprint density at radius 1 is 0.957 bits per heavy atom. The molecule has 0 aromatic heterocycles. The number of ether oxygens (including phenoxy) is 1. The fraction of sp³-hybridized carbons (Fsp3) is 0.667. The molecule has 0 heterocycles. The van der Waals surface area contributed by atoms with E-state index in [9.17, 15) is 10.2 Å². The molecule has 132 valence electrons. The number of methoxy groups -OCH3 is 1. The van der Waals surface area contributed by atoms with Gasteiger partial charge in [0.05, 0.1) is 13.7 Å². The van der Waals surface area contributed by atoms with Crippen LogP contribution in [0.2, 0.25) is 16.6 Å². The first-order valence-electron chi connectivity index (χ1n) is 8.36. The van der Waals surface area contributed by atoms with Crippen LogP contribution in [0.15, 0.2) is 18.2 Å². The molecule has 23 heavy (non-hydrogen) atoms. The third-order valence-corrected chi connectivity index (χ3v) is 10.7. The summed E-state index contributed by atoms with van der Waals surface area (Å²) in [7, 11) is -0.489. The van der Waals surface area contributed by atoms with Crippen LogP contribution >= 0.6 is 0 Å². The second-order valence-corrected chi connectivity index (χ2v) is 12.4. The highest BCUT2D eigenvalue weighted by atomic mass is 28.4. The predicted octanol–water partition coefficient (Wildman–Crippen LogP) is 4.28. The van der Waals surface area contributed by atoms with Gasteiger partial charge in [-0.15, -0.1) is 0 Å². The van der Waals surface area contributed by atoms with Crippen LogP contribution in [0.25, 0.3) is 0 Å². The van der Waals surface area contributed by atoms with Crippen molar-refractivity contribution in [2.75, 3.05) is 13.7 Å². The van der Waals surface area contributed by atoms with E-state index in [-0.39, 0.29) is 6.61 Å². The molecule has 2 N–H and O–H groups in total. The van der Waals surface area contributed by atoms with E-state index in [1.54, 1.807) is 25.3 Å². The summed E-state index contributed by atoms with van der Waals surface area (Å²) in [5.41, 5.74) is 1.97. The summed E-state index contributed by atoms with van der Waals surface area (Å²) >= 11 is 0. The highest BCUT2D eigenvalue weighted by Crippen LogP contribution is 2.45. The van der Waals surface area contributed by atoms with E-state index in [0.29, 0.717) is 33.7 Å². The number of benzene rings is 1. The minimum Gasteiger partial charge on any atom is -0.540 e. The van der Waals surface area contributed by atoms with Crippen molar-refractivity contribution in [3.63, 3.8) is 0 Å². The highest BCUT2D eigenvalue weighted by molar-refractivity contribution is 6.78. The maximum atomic E-state index is 9.91. The van der Waals surface area contributed by atoms with Crippen LogP contribution in [0, 0.1) is 0 Å². The molecule has 5 heteroatoms. The summed E-state index contributed by atoms with van der Waals surface area (Å²) in [6.45, 7) is 13.1. The van der Waals surface area contributed by atoms with E-state index in [4.69, 9.17) is 9.16 Å². The minimum absolute atomic E-state index is 0.313. The maximum absolute atomic E-state index is 9.91. The van der Waals surface area contributed by atoms with Crippen molar-refractivity contribution in [1.82, 2.24) is 0 Å². The molecule has 0 aliphatic heterocycles.